The molecule has 8 nitrogen and oxygen atoms in total. The van der Waals surface area contributed by atoms with E-state index < -0.39 is 22.8 Å². The fraction of sp³-hybridized carbons (Fsp3) is 0.250. The van der Waals surface area contributed by atoms with E-state index in [1.807, 2.05) is 13.8 Å². The van der Waals surface area contributed by atoms with E-state index in [-0.39, 0.29) is 32.4 Å². The molecule has 1 aromatic carbocycles. The number of hydrogen-bond donors (Lipinski definition) is 2. The average molecular weight is 477 g/mol. The second-order valence-electron chi connectivity index (χ2n) is 6.85. The van der Waals surface area contributed by atoms with Gasteiger partial charge in [0.25, 0.3) is 11.1 Å². The van der Waals surface area contributed by atoms with Gasteiger partial charge in [0.15, 0.2) is 15.3 Å². The quantitative estimate of drug-likeness (QED) is 0.437. The number of aromatic nitrogens is 4. The zero-order valence-electron chi connectivity index (χ0n) is 16.5. The van der Waals surface area contributed by atoms with E-state index in [4.69, 9.17) is 40.8 Å². The molecule has 1 aliphatic heterocycles. The van der Waals surface area contributed by atoms with Crippen LogP contribution in [0.15, 0.2) is 33.9 Å². The standard InChI is InChI=1S/C20H17ClN4O4S2/c1-3-24-17-12(15(27)22-19(24)30)11(14(26)9-5-7-10(21)8-6-9)13-16(28)23-20(31)25(4-2)18(13)29-17/h5-8,11H,3-4H2,1-2H3,(H,22,27,30)(H,23,28,31). The molecule has 0 spiro atoms. The number of ether oxygens (including phenoxy) is 1. The highest BCUT2D eigenvalue weighted by molar-refractivity contribution is 7.71. The van der Waals surface area contributed by atoms with Gasteiger partial charge < -0.3 is 4.74 Å². The Morgan fingerprint density at radius 2 is 1.42 bits per heavy atom. The third-order valence-electron chi connectivity index (χ3n) is 5.17. The summed E-state index contributed by atoms with van der Waals surface area (Å²) in [5.74, 6) is -1.41. The zero-order valence-corrected chi connectivity index (χ0v) is 18.9. The maximum atomic E-state index is 13.6. The Bertz CT molecular complexity index is 1370. The summed E-state index contributed by atoms with van der Waals surface area (Å²) in [5.41, 5.74) is -0.843. The lowest BCUT2D eigenvalue weighted by atomic mass is 9.85. The lowest BCUT2D eigenvalue weighted by molar-refractivity contribution is 0.0966. The first-order valence-electron chi connectivity index (χ1n) is 9.50. The van der Waals surface area contributed by atoms with Crippen molar-refractivity contribution in [2.24, 2.45) is 0 Å². The Morgan fingerprint density at radius 3 is 1.84 bits per heavy atom. The number of ketones is 1. The van der Waals surface area contributed by atoms with Gasteiger partial charge in [-0.1, -0.05) is 11.6 Å². The van der Waals surface area contributed by atoms with Crippen LogP contribution in [0.1, 0.15) is 41.3 Å². The van der Waals surface area contributed by atoms with Crippen LogP contribution in [0.2, 0.25) is 5.02 Å². The molecule has 2 aromatic heterocycles. The molecule has 3 aromatic rings. The number of fused-ring (bicyclic) bond motifs is 2. The number of nitrogens with one attached hydrogen (secondary N) is 2. The maximum Gasteiger partial charge on any atom is 0.259 e. The molecule has 0 radical (unpaired) electrons. The maximum absolute atomic E-state index is 13.6. The monoisotopic (exact) mass is 476 g/mol. The third-order valence-corrected chi connectivity index (χ3v) is 6.06. The second kappa shape index (κ2) is 8.03. The molecule has 0 aliphatic carbocycles. The summed E-state index contributed by atoms with van der Waals surface area (Å²) in [5, 5.41) is 0.458. The van der Waals surface area contributed by atoms with Gasteiger partial charge in [0.1, 0.15) is 0 Å². The molecule has 1 aliphatic rings. The number of aromatic amines is 2. The summed E-state index contributed by atoms with van der Waals surface area (Å²) < 4.78 is 9.50. The van der Waals surface area contributed by atoms with Crippen LogP contribution >= 0.6 is 36.0 Å². The van der Waals surface area contributed by atoms with Gasteiger partial charge >= 0.3 is 0 Å². The van der Waals surface area contributed by atoms with Gasteiger partial charge in [-0.05, 0) is 62.5 Å². The van der Waals surface area contributed by atoms with Gasteiger partial charge in [-0.3, -0.25) is 33.5 Å². The van der Waals surface area contributed by atoms with Gasteiger partial charge in [0.05, 0.1) is 17.0 Å². The van der Waals surface area contributed by atoms with E-state index in [0.717, 1.165) is 0 Å². The number of hydrogen-bond acceptors (Lipinski definition) is 6. The lowest BCUT2D eigenvalue weighted by Gasteiger charge is -2.29. The molecule has 0 atom stereocenters. The van der Waals surface area contributed by atoms with Crippen molar-refractivity contribution in [2.45, 2.75) is 32.9 Å². The van der Waals surface area contributed by atoms with Crippen molar-refractivity contribution in [1.82, 2.24) is 19.1 Å². The number of carbonyl (C=O) groups is 1. The van der Waals surface area contributed by atoms with Crippen LogP contribution in [0, 0.1) is 9.54 Å². The molecule has 0 bridgehead atoms. The Morgan fingerprint density at radius 1 is 0.968 bits per heavy atom. The smallest absolute Gasteiger partial charge is 0.259 e. The van der Waals surface area contributed by atoms with Crippen molar-refractivity contribution in [3.05, 3.63) is 76.2 Å². The number of Topliss-reactive ketones (excluding diaryl/α,β-unsaturated/α-hetero) is 1. The Balaban J connectivity index is 2.12. The van der Waals surface area contributed by atoms with Crippen LogP contribution in [-0.2, 0) is 13.1 Å². The molecule has 0 saturated heterocycles. The second-order valence-corrected chi connectivity index (χ2v) is 8.06. The highest BCUT2D eigenvalue weighted by Gasteiger charge is 2.41. The Kier molecular flexibility index (Phi) is 5.54. The first-order chi connectivity index (χ1) is 14.8. The van der Waals surface area contributed by atoms with E-state index >= 15 is 0 Å². The molecular weight excluding hydrogens is 460 g/mol. The summed E-state index contributed by atoms with van der Waals surface area (Å²) in [4.78, 5) is 44.7. The molecule has 3 heterocycles. The predicted octanol–water partition coefficient (Wildman–Crippen LogP) is 3.94. The Labute approximate surface area is 191 Å². The van der Waals surface area contributed by atoms with Crippen molar-refractivity contribution in [3.63, 3.8) is 0 Å². The van der Waals surface area contributed by atoms with Crippen molar-refractivity contribution in [3.8, 4) is 11.8 Å². The van der Waals surface area contributed by atoms with Gasteiger partial charge in [0.2, 0.25) is 11.8 Å². The first-order valence-corrected chi connectivity index (χ1v) is 10.7. The lowest BCUT2D eigenvalue weighted by Crippen LogP contribution is -2.36. The number of benzene rings is 1. The summed E-state index contributed by atoms with van der Waals surface area (Å²) in [6, 6.07) is 6.24. The van der Waals surface area contributed by atoms with E-state index in [1.54, 1.807) is 33.4 Å². The SMILES string of the molecule is CCn1c2c(c(=O)[nH]c1=S)C(C(=O)c1ccc(Cl)cc1)c1c(n(CC)c(=S)[nH]c1=O)O2. The minimum Gasteiger partial charge on any atom is -0.423 e. The molecule has 160 valence electrons. The van der Waals surface area contributed by atoms with Crippen LogP contribution in [0.3, 0.4) is 0 Å². The minimum atomic E-state index is -1.21. The topological polar surface area (TPSA) is 102 Å². The minimum absolute atomic E-state index is 0.0215. The van der Waals surface area contributed by atoms with E-state index in [9.17, 15) is 14.4 Å². The number of carbonyl (C=O) groups excluding carboxylic acids is 1. The molecular formula is C20H17ClN4O4S2. The molecule has 31 heavy (non-hydrogen) atoms. The Hall–Kier alpha value is -2.82. The van der Waals surface area contributed by atoms with Crippen molar-refractivity contribution < 1.29 is 9.53 Å². The van der Waals surface area contributed by atoms with Crippen LogP contribution in [0.4, 0.5) is 0 Å². The number of nitrogens with zero attached hydrogens (tertiary/aromatic N) is 2. The van der Waals surface area contributed by atoms with Gasteiger partial charge in [-0.25, -0.2) is 0 Å². The van der Waals surface area contributed by atoms with Crippen LogP contribution < -0.4 is 15.9 Å². The summed E-state index contributed by atoms with van der Waals surface area (Å²) >= 11 is 16.5. The van der Waals surface area contributed by atoms with Crippen LogP contribution in [0.5, 0.6) is 11.8 Å². The molecule has 11 heteroatoms. The predicted molar refractivity (Wildman–Crippen MR) is 121 cm³/mol. The zero-order chi connectivity index (χ0) is 22.4. The molecule has 0 unspecified atom stereocenters. The molecule has 4 rings (SSSR count). The molecule has 0 amide bonds. The van der Waals surface area contributed by atoms with E-state index in [0.29, 0.717) is 23.7 Å². The molecule has 0 saturated carbocycles. The van der Waals surface area contributed by atoms with Gasteiger partial charge in [0, 0.05) is 23.7 Å². The fourth-order valence-electron chi connectivity index (χ4n) is 3.72. The van der Waals surface area contributed by atoms with Crippen LogP contribution in [-0.4, -0.2) is 24.9 Å². The van der Waals surface area contributed by atoms with E-state index in [1.165, 1.54) is 0 Å². The van der Waals surface area contributed by atoms with Crippen molar-refractivity contribution in [1.29, 1.82) is 0 Å². The summed E-state index contributed by atoms with van der Waals surface area (Å²) in [6.07, 6.45) is 0. The number of H-pyrrole nitrogens is 2. The first kappa shape index (κ1) is 21.4. The molecule has 2 N–H and O–H groups in total. The summed E-state index contributed by atoms with van der Waals surface area (Å²) in [7, 11) is 0. The largest absolute Gasteiger partial charge is 0.423 e. The van der Waals surface area contributed by atoms with E-state index in [2.05, 4.69) is 9.97 Å². The third kappa shape index (κ3) is 3.40. The fourth-order valence-corrected chi connectivity index (χ4v) is 4.45. The normalized spacial score (nSPS) is 12.7. The van der Waals surface area contributed by atoms with Crippen molar-refractivity contribution in [2.75, 3.05) is 0 Å². The highest BCUT2D eigenvalue weighted by atomic mass is 35.5. The van der Waals surface area contributed by atoms with Gasteiger partial charge in [-0.15, -0.1) is 0 Å². The van der Waals surface area contributed by atoms with Crippen LogP contribution in [0.25, 0.3) is 0 Å². The highest BCUT2D eigenvalue weighted by Crippen LogP contribution is 2.42. The molecule has 0 fully saturated rings. The summed E-state index contributed by atoms with van der Waals surface area (Å²) in [6.45, 7) is 4.41. The van der Waals surface area contributed by atoms with Crippen molar-refractivity contribution >= 4 is 41.8 Å². The average Bonchev–Trinajstić information content (AvgIpc) is 2.73. The number of halogens is 1. The number of rotatable bonds is 4. The van der Waals surface area contributed by atoms with Gasteiger partial charge in [-0.2, -0.15) is 0 Å².